The number of carbonyl (C=O) groups excluding carboxylic acids is 1. The van der Waals surface area contributed by atoms with Gasteiger partial charge in [-0.25, -0.2) is 0 Å². The van der Waals surface area contributed by atoms with E-state index >= 15 is 0 Å². The van der Waals surface area contributed by atoms with Crippen LogP contribution >= 0.6 is 11.3 Å². The summed E-state index contributed by atoms with van der Waals surface area (Å²) in [5.41, 5.74) is 3.03. The van der Waals surface area contributed by atoms with Gasteiger partial charge in [-0.3, -0.25) is 9.69 Å². The Morgan fingerprint density at radius 3 is 2.59 bits per heavy atom. The van der Waals surface area contributed by atoms with Crippen LogP contribution in [0.3, 0.4) is 0 Å². The minimum Gasteiger partial charge on any atom is -0.351 e. The Morgan fingerprint density at radius 1 is 1.12 bits per heavy atom. The number of benzene rings is 2. The Kier molecular flexibility index (Phi) is 7.43. The molecule has 1 aliphatic heterocycles. The summed E-state index contributed by atoms with van der Waals surface area (Å²) in [6, 6.07) is 15.6. The van der Waals surface area contributed by atoms with Crippen molar-refractivity contribution in [2.75, 3.05) is 19.6 Å². The van der Waals surface area contributed by atoms with Crippen LogP contribution in [0.1, 0.15) is 52.5 Å². The molecule has 0 saturated carbocycles. The fraction of sp³-hybridized carbons (Fsp3) is 0.370. The molecule has 1 aromatic heterocycles. The Labute approximate surface area is 202 Å². The molecule has 0 aliphatic carbocycles. The number of alkyl halides is 3. The van der Waals surface area contributed by atoms with Crippen LogP contribution in [0, 0.1) is 5.92 Å². The summed E-state index contributed by atoms with van der Waals surface area (Å²) in [5.74, 6) is 0.742. The topological polar surface area (TPSA) is 32.3 Å². The first kappa shape index (κ1) is 24.5. The van der Waals surface area contributed by atoms with Crippen LogP contribution in [0.2, 0.25) is 0 Å². The second-order valence-electron chi connectivity index (χ2n) is 9.27. The van der Waals surface area contributed by atoms with Gasteiger partial charge in [-0.1, -0.05) is 50.2 Å². The van der Waals surface area contributed by atoms with Crippen molar-refractivity contribution in [2.45, 2.75) is 38.9 Å². The fourth-order valence-corrected chi connectivity index (χ4v) is 5.13. The van der Waals surface area contributed by atoms with Gasteiger partial charge >= 0.3 is 6.18 Å². The SMILES string of the molecule is CC(C)c1ccc(CN2CCC(CNC(=O)c3cc(-c4cccc(C(F)(F)F)c4)cs3)C2)cc1. The monoisotopic (exact) mass is 486 g/mol. The molecule has 0 radical (unpaired) electrons. The third-order valence-corrected chi connectivity index (χ3v) is 7.25. The van der Waals surface area contributed by atoms with Gasteiger partial charge in [0.2, 0.25) is 0 Å². The van der Waals surface area contributed by atoms with Crippen LogP contribution in [0.5, 0.6) is 0 Å². The molecule has 1 N–H and O–H groups in total. The van der Waals surface area contributed by atoms with Crippen molar-refractivity contribution in [3.8, 4) is 11.1 Å². The van der Waals surface area contributed by atoms with Gasteiger partial charge in [0.15, 0.2) is 0 Å². The minimum absolute atomic E-state index is 0.175. The first-order valence-electron chi connectivity index (χ1n) is 11.5. The molecule has 0 bridgehead atoms. The van der Waals surface area contributed by atoms with E-state index in [1.807, 2.05) is 0 Å². The average Bonchev–Trinajstić information content (AvgIpc) is 3.47. The molecule has 3 nitrogen and oxygen atoms in total. The number of thiophene rings is 1. The van der Waals surface area contributed by atoms with Crippen LogP contribution in [-0.2, 0) is 12.7 Å². The van der Waals surface area contributed by atoms with Crippen molar-refractivity contribution >= 4 is 17.2 Å². The number of hydrogen-bond donors (Lipinski definition) is 1. The van der Waals surface area contributed by atoms with Gasteiger partial charge in [-0.05, 0) is 70.6 Å². The summed E-state index contributed by atoms with van der Waals surface area (Å²) in [5, 5.41) is 4.74. The third kappa shape index (κ3) is 6.07. The summed E-state index contributed by atoms with van der Waals surface area (Å²) < 4.78 is 39.0. The van der Waals surface area contributed by atoms with Crippen LogP contribution in [-0.4, -0.2) is 30.4 Å². The average molecular weight is 487 g/mol. The van der Waals surface area contributed by atoms with E-state index in [-0.39, 0.29) is 5.91 Å². The molecule has 1 saturated heterocycles. The maximum atomic E-state index is 13.0. The lowest BCUT2D eigenvalue weighted by Crippen LogP contribution is -2.30. The molecule has 1 amide bonds. The Bertz CT molecular complexity index is 1120. The molecule has 7 heteroatoms. The van der Waals surface area contributed by atoms with Gasteiger partial charge in [-0.2, -0.15) is 13.2 Å². The second kappa shape index (κ2) is 10.3. The van der Waals surface area contributed by atoms with Gasteiger partial charge in [0, 0.05) is 19.6 Å². The van der Waals surface area contributed by atoms with Crippen LogP contribution in [0.15, 0.2) is 60.0 Å². The van der Waals surface area contributed by atoms with Gasteiger partial charge < -0.3 is 5.32 Å². The van der Waals surface area contributed by atoms with E-state index in [0.717, 1.165) is 38.2 Å². The zero-order valence-corrected chi connectivity index (χ0v) is 20.2. The van der Waals surface area contributed by atoms with Gasteiger partial charge in [0.05, 0.1) is 10.4 Å². The number of amides is 1. The van der Waals surface area contributed by atoms with Crippen molar-refractivity contribution in [1.82, 2.24) is 10.2 Å². The molecule has 2 aromatic carbocycles. The molecule has 34 heavy (non-hydrogen) atoms. The molecule has 3 aromatic rings. The van der Waals surface area contributed by atoms with Gasteiger partial charge in [-0.15, -0.1) is 11.3 Å². The van der Waals surface area contributed by atoms with Gasteiger partial charge in [0.1, 0.15) is 0 Å². The first-order chi connectivity index (χ1) is 16.2. The van der Waals surface area contributed by atoms with Crippen molar-refractivity contribution < 1.29 is 18.0 Å². The molecule has 0 spiro atoms. The highest BCUT2D eigenvalue weighted by Gasteiger charge is 2.30. The summed E-state index contributed by atoms with van der Waals surface area (Å²) in [6.07, 6.45) is -3.36. The van der Waals surface area contributed by atoms with E-state index in [0.29, 0.717) is 34.4 Å². The smallest absolute Gasteiger partial charge is 0.351 e. The predicted molar refractivity (Wildman–Crippen MR) is 131 cm³/mol. The van der Waals surface area contributed by atoms with Crippen molar-refractivity contribution in [3.05, 3.63) is 81.5 Å². The lowest BCUT2D eigenvalue weighted by molar-refractivity contribution is -0.137. The number of rotatable bonds is 7. The lowest BCUT2D eigenvalue weighted by atomic mass is 10.0. The molecular weight excluding hydrogens is 457 g/mol. The third-order valence-electron chi connectivity index (χ3n) is 6.32. The Hall–Kier alpha value is -2.64. The van der Waals surface area contributed by atoms with E-state index < -0.39 is 11.7 Å². The molecule has 4 rings (SSSR count). The van der Waals surface area contributed by atoms with Crippen LogP contribution in [0.25, 0.3) is 11.1 Å². The van der Waals surface area contributed by atoms with E-state index in [2.05, 4.69) is 48.3 Å². The Balaban J connectivity index is 1.28. The Morgan fingerprint density at radius 2 is 1.88 bits per heavy atom. The van der Waals surface area contributed by atoms with E-state index in [1.54, 1.807) is 17.5 Å². The molecule has 180 valence electrons. The molecule has 1 aliphatic rings. The van der Waals surface area contributed by atoms with E-state index in [4.69, 9.17) is 0 Å². The second-order valence-corrected chi connectivity index (χ2v) is 10.2. The van der Waals surface area contributed by atoms with Crippen molar-refractivity contribution in [3.63, 3.8) is 0 Å². The highest BCUT2D eigenvalue weighted by molar-refractivity contribution is 7.12. The van der Waals surface area contributed by atoms with E-state index in [9.17, 15) is 18.0 Å². The standard InChI is InChI=1S/C27H29F3N2OS/c1-18(2)21-8-6-19(7-9-21)15-32-11-10-20(16-32)14-31-26(33)25-13-23(17-34-25)22-4-3-5-24(12-22)27(28,29)30/h3-9,12-13,17-18,20H,10-11,14-16H2,1-2H3,(H,31,33). The van der Waals surface area contributed by atoms with Crippen LogP contribution < -0.4 is 5.32 Å². The predicted octanol–water partition coefficient (Wildman–Crippen LogP) is 6.81. The molecular formula is C27H29F3N2OS. The van der Waals surface area contributed by atoms with Crippen molar-refractivity contribution in [1.29, 1.82) is 0 Å². The lowest BCUT2D eigenvalue weighted by Gasteiger charge is -2.17. The molecule has 1 atom stereocenters. The highest BCUT2D eigenvalue weighted by Crippen LogP contribution is 2.33. The molecule has 2 heterocycles. The number of nitrogens with zero attached hydrogens (tertiary/aromatic N) is 1. The number of carbonyl (C=O) groups is 1. The maximum Gasteiger partial charge on any atom is 0.416 e. The van der Waals surface area contributed by atoms with Gasteiger partial charge in [0.25, 0.3) is 5.91 Å². The summed E-state index contributed by atoms with van der Waals surface area (Å²) in [7, 11) is 0. The minimum atomic E-state index is -4.39. The van der Waals surface area contributed by atoms with E-state index in [1.165, 1.54) is 28.5 Å². The molecule has 1 fully saturated rings. The number of likely N-dealkylation sites (tertiary alicyclic amines) is 1. The highest BCUT2D eigenvalue weighted by atomic mass is 32.1. The zero-order valence-electron chi connectivity index (χ0n) is 19.4. The quantitative estimate of drug-likeness (QED) is 0.398. The van der Waals surface area contributed by atoms with Crippen molar-refractivity contribution in [2.24, 2.45) is 5.92 Å². The summed E-state index contributed by atoms with van der Waals surface area (Å²) >= 11 is 1.25. The zero-order chi connectivity index (χ0) is 24.3. The van der Waals surface area contributed by atoms with Crippen LogP contribution in [0.4, 0.5) is 13.2 Å². The summed E-state index contributed by atoms with van der Waals surface area (Å²) in [6.45, 7) is 7.83. The first-order valence-corrected chi connectivity index (χ1v) is 12.4. The fourth-order valence-electron chi connectivity index (χ4n) is 4.30. The normalized spacial score (nSPS) is 16.8. The number of nitrogens with one attached hydrogen (secondary N) is 1. The molecule has 1 unspecified atom stereocenters. The largest absolute Gasteiger partial charge is 0.416 e. The maximum absolute atomic E-state index is 13.0. The number of hydrogen-bond acceptors (Lipinski definition) is 3. The number of halogens is 3. The summed E-state index contributed by atoms with van der Waals surface area (Å²) in [4.78, 5) is 15.6.